The van der Waals surface area contributed by atoms with E-state index in [9.17, 15) is 14.4 Å². The lowest BCUT2D eigenvalue weighted by Gasteiger charge is -2.13. The van der Waals surface area contributed by atoms with Crippen LogP contribution in [-0.4, -0.2) is 42.8 Å². The van der Waals surface area contributed by atoms with Gasteiger partial charge in [-0.15, -0.1) is 10.2 Å². The first kappa shape index (κ1) is 25.4. The Hall–Kier alpha value is -3.66. The van der Waals surface area contributed by atoms with E-state index in [-0.39, 0.29) is 29.2 Å². The van der Waals surface area contributed by atoms with Crippen LogP contribution in [0.15, 0.2) is 46.3 Å². The van der Waals surface area contributed by atoms with Crippen molar-refractivity contribution in [1.29, 1.82) is 0 Å². The first-order valence-corrected chi connectivity index (χ1v) is 12.9. The number of amides is 2. The minimum absolute atomic E-state index is 0.0253. The zero-order chi connectivity index (χ0) is 26.0. The summed E-state index contributed by atoms with van der Waals surface area (Å²) in [5.41, 5.74) is 3.76. The van der Waals surface area contributed by atoms with Gasteiger partial charge in [-0.05, 0) is 75.6 Å². The molecule has 0 spiro atoms. The maximum absolute atomic E-state index is 13.2. The standard InChI is InChI=1S/C26H30N6O3S/c1-6-11-31-24(35)20-10-8-18(23(34)27-15(2)3)13-21(20)32-25(31)29-30-26(32)36-14-22(33)28-19-9-7-16(4)17(5)12-19/h7-10,12-13,15H,6,11,14H2,1-5H3,(H,27,34)(H,28,33). The monoisotopic (exact) mass is 506 g/mol. The Labute approximate surface area is 213 Å². The highest BCUT2D eigenvalue weighted by molar-refractivity contribution is 7.99. The summed E-state index contributed by atoms with van der Waals surface area (Å²) in [6, 6.07) is 10.7. The van der Waals surface area contributed by atoms with Gasteiger partial charge in [0.25, 0.3) is 11.5 Å². The van der Waals surface area contributed by atoms with Gasteiger partial charge in [0.1, 0.15) is 0 Å². The smallest absolute Gasteiger partial charge is 0.262 e. The Balaban J connectivity index is 1.71. The van der Waals surface area contributed by atoms with Crippen LogP contribution in [0.1, 0.15) is 48.7 Å². The van der Waals surface area contributed by atoms with Crippen molar-refractivity contribution in [2.45, 2.75) is 58.8 Å². The number of hydrogen-bond acceptors (Lipinski definition) is 6. The second kappa shape index (κ2) is 10.5. The molecule has 2 amide bonds. The molecular formula is C26H30N6O3S. The van der Waals surface area contributed by atoms with E-state index in [1.54, 1.807) is 27.2 Å². The molecule has 2 aromatic carbocycles. The third kappa shape index (κ3) is 5.13. The molecule has 0 fully saturated rings. The number of benzene rings is 2. The molecular weight excluding hydrogens is 476 g/mol. The summed E-state index contributed by atoms with van der Waals surface area (Å²) in [7, 11) is 0. The molecule has 0 radical (unpaired) electrons. The van der Waals surface area contributed by atoms with Crippen molar-refractivity contribution in [2.75, 3.05) is 11.1 Å². The maximum Gasteiger partial charge on any atom is 0.262 e. The molecule has 2 N–H and O–H groups in total. The number of anilines is 1. The van der Waals surface area contributed by atoms with Gasteiger partial charge in [0.15, 0.2) is 5.16 Å². The molecule has 36 heavy (non-hydrogen) atoms. The second-order valence-corrected chi connectivity index (χ2v) is 10.0. The van der Waals surface area contributed by atoms with Crippen molar-refractivity contribution in [3.05, 3.63) is 63.4 Å². The van der Waals surface area contributed by atoms with Gasteiger partial charge >= 0.3 is 0 Å². The Morgan fingerprint density at radius 2 is 1.83 bits per heavy atom. The molecule has 0 unspecified atom stereocenters. The lowest BCUT2D eigenvalue weighted by molar-refractivity contribution is -0.113. The minimum atomic E-state index is -0.229. The van der Waals surface area contributed by atoms with E-state index in [1.807, 2.05) is 52.8 Å². The summed E-state index contributed by atoms with van der Waals surface area (Å²) in [4.78, 5) is 38.6. The van der Waals surface area contributed by atoms with E-state index >= 15 is 0 Å². The predicted molar refractivity (Wildman–Crippen MR) is 143 cm³/mol. The van der Waals surface area contributed by atoms with Crippen LogP contribution < -0.4 is 16.2 Å². The van der Waals surface area contributed by atoms with Gasteiger partial charge in [-0.2, -0.15) is 0 Å². The van der Waals surface area contributed by atoms with Crippen LogP contribution in [0, 0.1) is 13.8 Å². The van der Waals surface area contributed by atoms with Crippen molar-refractivity contribution in [2.24, 2.45) is 0 Å². The highest BCUT2D eigenvalue weighted by Crippen LogP contribution is 2.23. The molecule has 0 bridgehead atoms. The Kier molecular flexibility index (Phi) is 7.44. The number of nitrogens with one attached hydrogen (secondary N) is 2. The fourth-order valence-corrected chi connectivity index (χ4v) is 4.67. The molecule has 0 aliphatic carbocycles. The highest BCUT2D eigenvalue weighted by Gasteiger charge is 2.19. The number of rotatable bonds is 8. The summed E-state index contributed by atoms with van der Waals surface area (Å²) in [5, 5.41) is 15.3. The molecule has 0 saturated heterocycles. The molecule has 10 heteroatoms. The van der Waals surface area contributed by atoms with E-state index in [2.05, 4.69) is 20.8 Å². The van der Waals surface area contributed by atoms with Gasteiger partial charge < -0.3 is 10.6 Å². The average Bonchev–Trinajstić information content (AvgIpc) is 3.26. The molecule has 0 atom stereocenters. The first-order valence-electron chi connectivity index (χ1n) is 11.9. The Morgan fingerprint density at radius 3 is 2.53 bits per heavy atom. The predicted octanol–water partition coefficient (Wildman–Crippen LogP) is 3.94. The molecule has 4 rings (SSSR count). The number of aromatic nitrogens is 4. The summed E-state index contributed by atoms with van der Waals surface area (Å²) in [6.45, 7) is 10.3. The fourth-order valence-electron chi connectivity index (χ4n) is 3.93. The molecule has 0 saturated carbocycles. The van der Waals surface area contributed by atoms with E-state index in [0.717, 1.165) is 23.2 Å². The van der Waals surface area contributed by atoms with Gasteiger partial charge in [-0.3, -0.25) is 23.4 Å². The summed E-state index contributed by atoms with van der Waals surface area (Å²) in [6.07, 6.45) is 0.740. The highest BCUT2D eigenvalue weighted by atomic mass is 32.2. The van der Waals surface area contributed by atoms with E-state index in [1.165, 1.54) is 11.8 Å². The number of hydrogen-bond donors (Lipinski definition) is 2. The van der Waals surface area contributed by atoms with E-state index < -0.39 is 0 Å². The molecule has 0 aliphatic rings. The summed E-state index contributed by atoms with van der Waals surface area (Å²) < 4.78 is 3.34. The van der Waals surface area contributed by atoms with Gasteiger partial charge in [0, 0.05) is 23.8 Å². The number of fused-ring (bicyclic) bond motifs is 3. The molecule has 0 aliphatic heterocycles. The van der Waals surface area contributed by atoms with Crippen LogP contribution >= 0.6 is 11.8 Å². The van der Waals surface area contributed by atoms with Crippen LogP contribution in [0.25, 0.3) is 16.7 Å². The zero-order valence-corrected chi connectivity index (χ0v) is 21.9. The SMILES string of the molecule is CCCn1c(=O)c2ccc(C(=O)NC(C)C)cc2n2c(SCC(=O)Nc3ccc(C)c(C)c3)nnc12. The van der Waals surface area contributed by atoms with Crippen molar-refractivity contribution < 1.29 is 9.59 Å². The number of carbonyl (C=O) groups is 2. The number of nitrogens with zero attached hydrogens (tertiary/aromatic N) is 4. The van der Waals surface area contributed by atoms with Gasteiger partial charge in [-0.25, -0.2) is 0 Å². The van der Waals surface area contributed by atoms with Crippen molar-refractivity contribution >= 4 is 45.9 Å². The maximum atomic E-state index is 13.2. The van der Waals surface area contributed by atoms with Crippen molar-refractivity contribution in [3.8, 4) is 0 Å². The molecule has 2 heterocycles. The zero-order valence-electron chi connectivity index (χ0n) is 21.1. The van der Waals surface area contributed by atoms with Gasteiger partial charge in [-0.1, -0.05) is 24.8 Å². The minimum Gasteiger partial charge on any atom is -0.350 e. The molecule has 9 nitrogen and oxygen atoms in total. The van der Waals surface area contributed by atoms with Crippen molar-refractivity contribution in [3.63, 3.8) is 0 Å². The van der Waals surface area contributed by atoms with E-state index in [4.69, 9.17) is 0 Å². The second-order valence-electron chi connectivity index (χ2n) is 9.07. The van der Waals surface area contributed by atoms with Crippen LogP contribution in [0.4, 0.5) is 5.69 Å². The Morgan fingerprint density at radius 1 is 1.06 bits per heavy atom. The average molecular weight is 507 g/mol. The fraction of sp³-hybridized carbons (Fsp3) is 0.346. The van der Waals surface area contributed by atoms with Crippen LogP contribution in [0.2, 0.25) is 0 Å². The molecule has 188 valence electrons. The third-order valence-corrected chi connectivity index (χ3v) is 6.75. The lowest BCUT2D eigenvalue weighted by atomic mass is 10.1. The lowest BCUT2D eigenvalue weighted by Crippen LogP contribution is -2.30. The van der Waals surface area contributed by atoms with Crippen molar-refractivity contribution in [1.82, 2.24) is 24.5 Å². The van der Waals surface area contributed by atoms with Crippen LogP contribution in [0.5, 0.6) is 0 Å². The molecule has 2 aromatic heterocycles. The Bertz CT molecular complexity index is 1520. The van der Waals surface area contributed by atoms with Gasteiger partial charge in [0.05, 0.1) is 16.7 Å². The van der Waals surface area contributed by atoms with Crippen LogP contribution in [-0.2, 0) is 11.3 Å². The number of thioether (sulfide) groups is 1. The number of carbonyl (C=O) groups excluding carboxylic acids is 2. The summed E-state index contributed by atoms with van der Waals surface area (Å²) in [5.74, 6) is 0.0826. The van der Waals surface area contributed by atoms with Gasteiger partial charge in [0.2, 0.25) is 11.7 Å². The topological polar surface area (TPSA) is 110 Å². The first-order chi connectivity index (χ1) is 17.2. The number of aryl methyl sites for hydroxylation is 3. The third-order valence-electron chi connectivity index (χ3n) is 5.82. The normalized spacial score (nSPS) is 11.4. The molecule has 4 aromatic rings. The van der Waals surface area contributed by atoms with Crippen LogP contribution in [0.3, 0.4) is 0 Å². The quantitative estimate of drug-likeness (QED) is 0.350. The van der Waals surface area contributed by atoms with E-state index in [0.29, 0.717) is 33.9 Å². The summed E-state index contributed by atoms with van der Waals surface area (Å²) >= 11 is 1.23. The largest absolute Gasteiger partial charge is 0.350 e.